The fraction of sp³-hybridized carbons (Fsp3) is 1.00. The van der Waals surface area contributed by atoms with Crippen LogP contribution in [0.4, 0.5) is 0 Å². The van der Waals surface area contributed by atoms with Gasteiger partial charge in [0.15, 0.2) is 0 Å². The van der Waals surface area contributed by atoms with Gasteiger partial charge in [-0.1, -0.05) is 0 Å². The van der Waals surface area contributed by atoms with Crippen LogP contribution in [-0.4, -0.2) is 32.3 Å². The number of nitrogens with one attached hydrogen (secondary N) is 1. The first-order valence-electron chi connectivity index (χ1n) is 3.73. The first-order valence-corrected chi connectivity index (χ1v) is 3.73. The maximum absolute atomic E-state index is 5.75. The summed E-state index contributed by atoms with van der Waals surface area (Å²) in [5.41, 5.74) is 5.75. The number of rotatable bonds is 2. The molecule has 1 saturated carbocycles. The van der Waals surface area contributed by atoms with Crippen molar-refractivity contribution in [1.82, 2.24) is 5.32 Å². The number of hydrogen-bond donors (Lipinski definition) is 2. The van der Waals surface area contributed by atoms with Crippen molar-refractivity contribution < 1.29 is 4.74 Å². The van der Waals surface area contributed by atoms with Crippen LogP contribution in [0.1, 0.15) is 12.8 Å². The second kappa shape index (κ2) is 3.32. The molecule has 10 heavy (non-hydrogen) atoms. The third-order valence-electron chi connectivity index (χ3n) is 2.21. The first-order chi connectivity index (χ1) is 4.77. The van der Waals surface area contributed by atoms with E-state index >= 15 is 0 Å². The smallest absolute Gasteiger partial charge is 0.0739 e. The Bertz CT molecular complexity index is 95.8. The van der Waals surface area contributed by atoms with E-state index in [1.54, 1.807) is 7.11 Å². The number of ether oxygens (including phenoxy) is 1. The summed E-state index contributed by atoms with van der Waals surface area (Å²) in [4.78, 5) is 0. The van der Waals surface area contributed by atoms with Gasteiger partial charge >= 0.3 is 0 Å². The Kier molecular flexibility index (Phi) is 2.65. The maximum Gasteiger partial charge on any atom is 0.0739 e. The van der Waals surface area contributed by atoms with E-state index in [2.05, 4.69) is 5.32 Å². The predicted molar refractivity (Wildman–Crippen MR) is 40.9 cm³/mol. The summed E-state index contributed by atoms with van der Waals surface area (Å²) in [7, 11) is 3.70. The second-order valence-corrected chi connectivity index (χ2v) is 2.90. The maximum atomic E-state index is 5.75. The fourth-order valence-corrected chi connectivity index (χ4v) is 1.60. The molecule has 0 saturated heterocycles. The van der Waals surface area contributed by atoms with E-state index < -0.39 is 0 Å². The highest BCUT2D eigenvalue weighted by molar-refractivity contribution is 4.90. The molecule has 1 aliphatic carbocycles. The van der Waals surface area contributed by atoms with Crippen LogP contribution in [-0.2, 0) is 4.74 Å². The monoisotopic (exact) mass is 144 g/mol. The van der Waals surface area contributed by atoms with Crippen molar-refractivity contribution in [2.24, 2.45) is 5.73 Å². The van der Waals surface area contributed by atoms with Gasteiger partial charge < -0.3 is 15.8 Å². The minimum Gasteiger partial charge on any atom is -0.380 e. The molecule has 0 aliphatic heterocycles. The first kappa shape index (κ1) is 7.98. The van der Waals surface area contributed by atoms with Gasteiger partial charge in [-0.25, -0.2) is 0 Å². The molecule has 0 aromatic heterocycles. The lowest BCUT2D eigenvalue weighted by atomic mass is 10.2. The summed E-state index contributed by atoms with van der Waals surface area (Å²) in [6, 6.07) is 0.780. The second-order valence-electron chi connectivity index (χ2n) is 2.90. The van der Waals surface area contributed by atoms with Crippen molar-refractivity contribution in [2.45, 2.75) is 31.0 Å². The third kappa shape index (κ3) is 1.48. The fourth-order valence-electron chi connectivity index (χ4n) is 1.60. The van der Waals surface area contributed by atoms with Crippen molar-refractivity contribution >= 4 is 0 Å². The zero-order valence-corrected chi connectivity index (χ0v) is 6.63. The van der Waals surface area contributed by atoms with Gasteiger partial charge in [0.25, 0.3) is 0 Å². The molecule has 3 unspecified atom stereocenters. The van der Waals surface area contributed by atoms with Crippen LogP contribution in [0.25, 0.3) is 0 Å². The van der Waals surface area contributed by atoms with Crippen LogP contribution in [0.15, 0.2) is 0 Å². The van der Waals surface area contributed by atoms with E-state index in [4.69, 9.17) is 10.5 Å². The summed E-state index contributed by atoms with van der Waals surface area (Å²) in [6.07, 6.45) is 2.34. The number of likely N-dealkylation sites (N-methyl/N-ethyl adjacent to an activating group) is 1. The molecule has 0 aromatic carbocycles. The zero-order chi connectivity index (χ0) is 7.56. The van der Waals surface area contributed by atoms with E-state index in [1.165, 1.54) is 0 Å². The lowest BCUT2D eigenvalue weighted by molar-refractivity contribution is 0.0869. The Labute approximate surface area is 61.9 Å². The highest BCUT2D eigenvalue weighted by Crippen LogP contribution is 2.19. The van der Waals surface area contributed by atoms with Gasteiger partial charge in [-0.15, -0.1) is 0 Å². The molecule has 0 bridgehead atoms. The average molecular weight is 144 g/mol. The molecule has 1 fully saturated rings. The Balaban J connectivity index is 2.41. The molecule has 0 radical (unpaired) electrons. The van der Waals surface area contributed by atoms with Gasteiger partial charge in [0.1, 0.15) is 0 Å². The molecule has 3 heteroatoms. The molecular weight excluding hydrogens is 128 g/mol. The average Bonchev–Trinajstić information content (AvgIpc) is 2.30. The van der Waals surface area contributed by atoms with Crippen LogP contribution in [0.2, 0.25) is 0 Å². The normalized spacial score (nSPS) is 40.5. The summed E-state index contributed by atoms with van der Waals surface area (Å²) in [5, 5.41) is 3.19. The standard InChI is InChI=1S/C7H16N2O/c1-9-6-3-5(8)4-7(6)10-2/h5-7,9H,3-4,8H2,1-2H3. The van der Waals surface area contributed by atoms with Crippen molar-refractivity contribution in [3.05, 3.63) is 0 Å². The van der Waals surface area contributed by atoms with Crippen molar-refractivity contribution in [3.63, 3.8) is 0 Å². The molecular formula is C7H16N2O. The van der Waals surface area contributed by atoms with Gasteiger partial charge in [-0.3, -0.25) is 0 Å². The lowest BCUT2D eigenvalue weighted by Gasteiger charge is -2.15. The van der Waals surface area contributed by atoms with E-state index in [-0.39, 0.29) is 0 Å². The van der Waals surface area contributed by atoms with Gasteiger partial charge in [0.2, 0.25) is 0 Å². The van der Waals surface area contributed by atoms with Gasteiger partial charge in [-0.05, 0) is 19.9 Å². The van der Waals surface area contributed by atoms with Gasteiger partial charge in [0, 0.05) is 19.2 Å². The SMILES string of the molecule is CNC1CC(N)CC1OC. The largest absolute Gasteiger partial charge is 0.380 e. The predicted octanol–water partition coefficient (Wildman–Crippen LogP) is -0.289. The topological polar surface area (TPSA) is 47.3 Å². The van der Waals surface area contributed by atoms with Gasteiger partial charge in [-0.2, -0.15) is 0 Å². The Hall–Kier alpha value is -0.120. The number of methoxy groups -OCH3 is 1. The van der Waals surface area contributed by atoms with Crippen molar-refractivity contribution in [2.75, 3.05) is 14.2 Å². The molecule has 0 heterocycles. The third-order valence-corrected chi connectivity index (χ3v) is 2.21. The van der Waals surface area contributed by atoms with Crippen molar-refractivity contribution in [3.8, 4) is 0 Å². The lowest BCUT2D eigenvalue weighted by Crippen LogP contribution is -2.33. The molecule has 1 rings (SSSR count). The van der Waals surface area contributed by atoms with Crippen LogP contribution >= 0.6 is 0 Å². The van der Waals surface area contributed by atoms with Crippen LogP contribution in [0.5, 0.6) is 0 Å². The molecule has 3 N–H and O–H groups in total. The van der Waals surface area contributed by atoms with E-state index in [9.17, 15) is 0 Å². The zero-order valence-electron chi connectivity index (χ0n) is 6.63. The number of nitrogens with two attached hydrogens (primary N) is 1. The highest BCUT2D eigenvalue weighted by Gasteiger charge is 2.30. The molecule has 3 nitrogen and oxygen atoms in total. The highest BCUT2D eigenvalue weighted by atomic mass is 16.5. The van der Waals surface area contributed by atoms with Crippen molar-refractivity contribution in [1.29, 1.82) is 0 Å². The summed E-state index contributed by atoms with van der Waals surface area (Å²) >= 11 is 0. The van der Waals surface area contributed by atoms with Crippen LogP contribution < -0.4 is 11.1 Å². The molecule has 60 valence electrons. The minimum atomic E-state index is 0.319. The Morgan fingerprint density at radius 1 is 1.50 bits per heavy atom. The molecule has 0 aromatic rings. The Morgan fingerprint density at radius 3 is 2.60 bits per heavy atom. The van der Waals surface area contributed by atoms with Crippen LogP contribution in [0.3, 0.4) is 0 Å². The van der Waals surface area contributed by atoms with E-state index in [1.807, 2.05) is 7.05 Å². The van der Waals surface area contributed by atoms with Gasteiger partial charge in [0.05, 0.1) is 6.10 Å². The minimum absolute atomic E-state index is 0.319. The summed E-state index contributed by atoms with van der Waals surface area (Å²) < 4.78 is 5.24. The summed E-state index contributed by atoms with van der Waals surface area (Å²) in [6.45, 7) is 0. The summed E-state index contributed by atoms with van der Waals surface area (Å²) in [5.74, 6) is 0. The molecule has 0 amide bonds. The quantitative estimate of drug-likeness (QED) is 0.560. The van der Waals surface area contributed by atoms with E-state index in [0.29, 0.717) is 18.2 Å². The molecule has 1 aliphatic rings. The van der Waals surface area contributed by atoms with Crippen LogP contribution in [0, 0.1) is 0 Å². The molecule has 0 spiro atoms. The molecule has 3 atom stereocenters. The Morgan fingerprint density at radius 2 is 2.20 bits per heavy atom. The van der Waals surface area contributed by atoms with E-state index in [0.717, 1.165) is 12.8 Å². The number of hydrogen-bond acceptors (Lipinski definition) is 3.